The molecule has 1 saturated heterocycles. The van der Waals surface area contributed by atoms with E-state index < -0.39 is 18.1 Å². The highest BCUT2D eigenvalue weighted by Crippen LogP contribution is 2.27. The SMILES string of the molecule is Cc1nnc(-c2ccc(-c3ccc(N4C[C@H](C(N)=O)OC4=O)cc3)cn2)s1. The van der Waals surface area contributed by atoms with Crippen LogP contribution >= 0.6 is 11.3 Å². The zero-order valence-corrected chi connectivity index (χ0v) is 15.1. The maximum absolute atomic E-state index is 11.9. The Labute approximate surface area is 158 Å². The molecular weight excluding hydrogens is 366 g/mol. The van der Waals surface area contributed by atoms with Crippen LogP contribution in [0.1, 0.15) is 5.01 Å². The van der Waals surface area contributed by atoms with Crippen molar-refractivity contribution in [3.05, 3.63) is 47.6 Å². The van der Waals surface area contributed by atoms with Crippen molar-refractivity contribution in [1.82, 2.24) is 15.2 Å². The fourth-order valence-electron chi connectivity index (χ4n) is 2.75. The van der Waals surface area contributed by atoms with Gasteiger partial charge in [0.1, 0.15) is 10.7 Å². The molecule has 0 aliphatic carbocycles. The Morgan fingerprint density at radius 3 is 2.48 bits per heavy atom. The third-order valence-electron chi connectivity index (χ3n) is 4.15. The van der Waals surface area contributed by atoms with Crippen LogP contribution < -0.4 is 10.6 Å². The Balaban J connectivity index is 1.52. The number of carbonyl (C=O) groups excluding carboxylic acids is 2. The topological polar surface area (TPSA) is 111 Å². The number of amides is 2. The molecule has 0 saturated carbocycles. The van der Waals surface area contributed by atoms with E-state index in [9.17, 15) is 9.59 Å². The summed E-state index contributed by atoms with van der Waals surface area (Å²) in [6.07, 6.45) is 0.275. The fraction of sp³-hybridized carbons (Fsp3) is 0.167. The van der Waals surface area contributed by atoms with Gasteiger partial charge in [0.2, 0.25) is 0 Å². The molecule has 0 unspecified atom stereocenters. The zero-order chi connectivity index (χ0) is 19.0. The molecule has 3 aromatic rings. The number of rotatable bonds is 4. The van der Waals surface area contributed by atoms with E-state index in [4.69, 9.17) is 10.5 Å². The lowest BCUT2D eigenvalue weighted by molar-refractivity contribution is -0.124. The number of ether oxygens (including phenoxy) is 1. The average molecular weight is 381 g/mol. The lowest BCUT2D eigenvalue weighted by atomic mass is 10.1. The number of hydrogen-bond acceptors (Lipinski definition) is 7. The number of nitrogens with two attached hydrogens (primary N) is 1. The fourth-order valence-corrected chi connectivity index (χ4v) is 3.42. The molecule has 136 valence electrons. The quantitative estimate of drug-likeness (QED) is 0.743. The van der Waals surface area contributed by atoms with Crippen molar-refractivity contribution < 1.29 is 14.3 Å². The third-order valence-corrected chi connectivity index (χ3v) is 5.01. The summed E-state index contributed by atoms with van der Waals surface area (Å²) in [4.78, 5) is 28.9. The van der Waals surface area contributed by atoms with Crippen molar-refractivity contribution >= 4 is 29.0 Å². The van der Waals surface area contributed by atoms with Crippen molar-refractivity contribution in [2.75, 3.05) is 11.4 Å². The Morgan fingerprint density at radius 1 is 1.19 bits per heavy atom. The number of hydrogen-bond donors (Lipinski definition) is 1. The second kappa shape index (κ2) is 6.76. The van der Waals surface area contributed by atoms with Gasteiger partial charge in [-0.3, -0.25) is 14.7 Å². The minimum absolute atomic E-state index is 0.116. The number of pyridine rings is 1. The lowest BCUT2D eigenvalue weighted by Crippen LogP contribution is -2.32. The number of primary amides is 1. The largest absolute Gasteiger partial charge is 0.434 e. The number of benzene rings is 1. The van der Waals surface area contributed by atoms with Crippen LogP contribution in [0.5, 0.6) is 0 Å². The minimum Gasteiger partial charge on any atom is -0.434 e. The van der Waals surface area contributed by atoms with E-state index in [0.29, 0.717) is 5.69 Å². The normalized spacial score (nSPS) is 16.4. The van der Waals surface area contributed by atoms with E-state index >= 15 is 0 Å². The zero-order valence-electron chi connectivity index (χ0n) is 14.3. The van der Waals surface area contributed by atoms with E-state index in [-0.39, 0.29) is 6.54 Å². The van der Waals surface area contributed by atoms with Gasteiger partial charge in [0.15, 0.2) is 11.1 Å². The van der Waals surface area contributed by atoms with E-state index in [1.807, 2.05) is 31.2 Å². The van der Waals surface area contributed by atoms with Crippen LogP contribution in [-0.4, -0.2) is 39.8 Å². The molecule has 9 heteroatoms. The smallest absolute Gasteiger partial charge is 0.415 e. The second-order valence-electron chi connectivity index (χ2n) is 5.99. The van der Waals surface area contributed by atoms with E-state index in [2.05, 4.69) is 15.2 Å². The molecule has 2 amide bonds. The van der Waals surface area contributed by atoms with Crippen LogP contribution in [0.25, 0.3) is 21.8 Å². The number of nitrogens with zero attached hydrogens (tertiary/aromatic N) is 4. The summed E-state index contributed by atoms with van der Waals surface area (Å²) in [5.74, 6) is -0.653. The first-order chi connectivity index (χ1) is 13.0. The van der Waals surface area contributed by atoms with Crippen LogP contribution in [0, 0.1) is 6.92 Å². The highest BCUT2D eigenvalue weighted by atomic mass is 32.1. The molecule has 8 nitrogen and oxygen atoms in total. The van der Waals surface area contributed by atoms with Crippen molar-refractivity contribution in [2.45, 2.75) is 13.0 Å². The highest BCUT2D eigenvalue weighted by Gasteiger charge is 2.35. The van der Waals surface area contributed by atoms with Crippen LogP contribution in [0.2, 0.25) is 0 Å². The van der Waals surface area contributed by atoms with Crippen molar-refractivity contribution in [3.8, 4) is 21.8 Å². The number of anilines is 1. The molecule has 3 heterocycles. The van der Waals surface area contributed by atoms with E-state index in [1.54, 1.807) is 18.3 Å². The van der Waals surface area contributed by atoms with Gasteiger partial charge in [0.05, 0.1) is 6.54 Å². The van der Waals surface area contributed by atoms with Crippen molar-refractivity contribution in [2.24, 2.45) is 5.73 Å². The van der Waals surface area contributed by atoms with Gasteiger partial charge >= 0.3 is 6.09 Å². The molecular formula is C18H15N5O3S. The van der Waals surface area contributed by atoms with Crippen LogP contribution in [0.4, 0.5) is 10.5 Å². The standard InChI is InChI=1S/C18H15N5O3S/c1-10-21-22-17(27-10)14-7-4-12(8-20-14)11-2-5-13(6-3-11)23-9-15(16(19)24)26-18(23)25/h2-8,15H,9H2,1H3,(H2,19,24)/t15-/m1/s1. The summed E-state index contributed by atoms with van der Waals surface area (Å²) in [7, 11) is 0. The average Bonchev–Trinajstić information content (AvgIpc) is 3.28. The number of aryl methyl sites for hydroxylation is 1. The van der Waals surface area contributed by atoms with Gasteiger partial charge in [-0.05, 0) is 30.7 Å². The van der Waals surface area contributed by atoms with Crippen molar-refractivity contribution in [1.29, 1.82) is 0 Å². The molecule has 0 spiro atoms. The van der Waals surface area contributed by atoms with Crippen LogP contribution in [0.15, 0.2) is 42.6 Å². The summed E-state index contributed by atoms with van der Waals surface area (Å²) in [5.41, 5.74) is 8.50. The molecule has 1 fully saturated rings. The van der Waals surface area contributed by atoms with Gasteiger partial charge in [-0.1, -0.05) is 29.5 Å². The molecule has 1 atom stereocenters. The molecule has 0 radical (unpaired) electrons. The Morgan fingerprint density at radius 2 is 1.93 bits per heavy atom. The molecule has 27 heavy (non-hydrogen) atoms. The molecule has 0 bridgehead atoms. The van der Waals surface area contributed by atoms with Crippen molar-refractivity contribution in [3.63, 3.8) is 0 Å². The maximum Gasteiger partial charge on any atom is 0.415 e. The first-order valence-electron chi connectivity index (χ1n) is 8.16. The van der Waals surface area contributed by atoms with Gasteiger partial charge in [-0.15, -0.1) is 10.2 Å². The summed E-state index contributed by atoms with van der Waals surface area (Å²) in [5, 5.41) is 9.77. The Hall–Kier alpha value is -3.33. The van der Waals surface area contributed by atoms with Crippen LogP contribution in [0.3, 0.4) is 0 Å². The van der Waals surface area contributed by atoms with Gasteiger partial charge in [-0.2, -0.15) is 0 Å². The van der Waals surface area contributed by atoms with Crippen LogP contribution in [-0.2, 0) is 9.53 Å². The summed E-state index contributed by atoms with van der Waals surface area (Å²) in [6.45, 7) is 2.02. The molecule has 1 aliphatic heterocycles. The molecule has 1 aliphatic rings. The first-order valence-corrected chi connectivity index (χ1v) is 8.97. The second-order valence-corrected chi connectivity index (χ2v) is 7.17. The Kier molecular flexibility index (Phi) is 4.28. The number of cyclic esters (lactones) is 1. The highest BCUT2D eigenvalue weighted by molar-refractivity contribution is 7.14. The molecule has 2 N–H and O–H groups in total. The van der Waals surface area contributed by atoms with E-state index in [1.165, 1.54) is 16.2 Å². The number of aromatic nitrogens is 3. The third kappa shape index (κ3) is 3.36. The molecule has 2 aromatic heterocycles. The number of carbonyl (C=O) groups is 2. The summed E-state index contributed by atoms with van der Waals surface area (Å²) < 4.78 is 4.95. The summed E-state index contributed by atoms with van der Waals surface area (Å²) in [6, 6.07) is 11.2. The predicted molar refractivity (Wildman–Crippen MR) is 100 cm³/mol. The first kappa shape index (κ1) is 17.1. The van der Waals surface area contributed by atoms with Gasteiger partial charge in [-0.25, -0.2) is 4.79 Å². The maximum atomic E-state index is 11.9. The predicted octanol–water partition coefficient (Wildman–Crippen LogP) is 2.39. The Bertz CT molecular complexity index is 1000. The van der Waals surface area contributed by atoms with Gasteiger partial charge < -0.3 is 10.5 Å². The lowest BCUT2D eigenvalue weighted by Gasteiger charge is -2.13. The van der Waals surface area contributed by atoms with E-state index in [0.717, 1.165) is 26.8 Å². The minimum atomic E-state index is -0.919. The summed E-state index contributed by atoms with van der Waals surface area (Å²) >= 11 is 1.49. The van der Waals surface area contributed by atoms with Gasteiger partial charge in [0.25, 0.3) is 5.91 Å². The molecule has 1 aromatic carbocycles. The monoisotopic (exact) mass is 381 g/mol. The van der Waals surface area contributed by atoms with Gasteiger partial charge in [0, 0.05) is 17.4 Å². The molecule has 4 rings (SSSR count).